The van der Waals surface area contributed by atoms with Crippen LogP contribution in [-0.4, -0.2) is 26.1 Å². The average molecular weight is 362 g/mol. The third-order valence-corrected chi connectivity index (χ3v) is 4.70. The standard InChI is InChI=1S/C20H25ClN2O2/c1-5-15-6-8-16(9-7-15)13-23(3)14(2)20(24)22-18-12-17(21)10-11-19(18)25-4/h6-12,14H,5,13H2,1-4H3,(H,22,24)/p+1/t14-/m1/s1. The van der Waals surface area contributed by atoms with Crippen LogP contribution in [0.2, 0.25) is 5.02 Å². The monoisotopic (exact) mass is 361 g/mol. The number of likely N-dealkylation sites (N-methyl/N-ethyl adjacent to an activating group) is 1. The number of hydrogen-bond donors (Lipinski definition) is 2. The van der Waals surface area contributed by atoms with Crippen LogP contribution in [0, 0.1) is 0 Å². The third kappa shape index (κ3) is 5.21. The van der Waals surface area contributed by atoms with Gasteiger partial charge < -0.3 is 15.0 Å². The summed E-state index contributed by atoms with van der Waals surface area (Å²) in [5, 5.41) is 3.47. The zero-order valence-electron chi connectivity index (χ0n) is 15.2. The lowest BCUT2D eigenvalue weighted by atomic mass is 10.1. The van der Waals surface area contributed by atoms with Crippen LogP contribution in [0.4, 0.5) is 5.69 Å². The number of amides is 1. The van der Waals surface area contributed by atoms with Gasteiger partial charge in [0.25, 0.3) is 5.91 Å². The summed E-state index contributed by atoms with van der Waals surface area (Å²) in [6, 6.07) is 13.5. The van der Waals surface area contributed by atoms with E-state index >= 15 is 0 Å². The predicted octanol–water partition coefficient (Wildman–Crippen LogP) is 2.95. The summed E-state index contributed by atoms with van der Waals surface area (Å²) in [6.07, 6.45) is 1.03. The van der Waals surface area contributed by atoms with Gasteiger partial charge in [-0.1, -0.05) is 42.8 Å². The summed E-state index contributed by atoms with van der Waals surface area (Å²) in [5.74, 6) is 0.529. The van der Waals surface area contributed by atoms with Crippen LogP contribution in [0.1, 0.15) is 25.0 Å². The van der Waals surface area contributed by atoms with Crippen molar-refractivity contribution < 1.29 is 14.4 Å². The van der Waals surface area contributed by atoms with Crippen molar-refractivity contribution in [2.45, 2.75) is 32.9 Å². The molecule has 1 amide bonds. The highest BCUT2D eigenvalue weighted by Crippen LogP contribution is 2.27. The molecule has 0 saturated carbocycles. The smallest absolute Gasteiger partial charge is 0.282 e. The van der Waals surface area contributed by atoms with E-state index in [0.29, 0.717) is 16.5 Å². The molecule has 2 N–H and O–H groups in total. The van der Waals surface area contributed by atoms with Gasteiger partial charge in [0.15, 0.2) is 6.04 Å². The molecule has 0 aromatic heterocycles. The van der Waals surface area contributed by atoms with E-state index in [9.17, 15) is 4.79 Å². The average Bonchev–Trinajstić information content (AvgIpc) is 2.61. The molecule has 2 atom stereocenters. The van der Waals surface area contributed by atoms with E-state index < -0.39 is 0 Å². The minimum absolute atomic E-state index is 0.0664. The van der Waals surface area contributed by atoms with E-state index in [4.69, 9.17) is 16.3 Å². The quantitative estimate of drug-likeness (QED) is 0.796. The largest absolute Gasteiger partial charge is 0.495 e. The first-order chi connectivity index (χ1) is 11.9. The van der Waals surface area contributed by atoms with E-state index in [2.05, 4.69) is 36.5 Å². The Balaban J connectivity index is 2.02. The minimum Gasteiger partial charge on any atom is -0.495 e. The van der Waals surface area contributed by atoms with Crippen LogP contribution in [-0.2, 0) is 17.8 Å². The Hall–Kier alpha value is -2.04. The molecule has 0 radical (unpaired) electrons. The van der Waals surface area contributed by atoms with Crippen molar-refractivity contribution in [2.75, 3.05) is 19.5 Å². The van der Waals surface area contributed by atoms with Crippen molar-refractivity contribution in [1.82, 2.24) is 0 Å². The molecule has 1 unspecified atom stereocenters. The van der Waals surface area contributed by atoms with Crippen molar-refractivity contribution in [1.29, 1.82) is 0 Å². The molecule has 0 heterocycles. The number of rotatable bonds is 7. The normalized spacial score (nSPS) is 13.2. The lowest BCUT2D eigenvalue weighted by Crippen LogP contribution is -3.12. The van der Waals surface area contributed by atoms with E-state index in [0.717, 1.165) is 17.9 Å². The maximum absolute atomic E-state index is 12.6. The van der Waals surface area contributed by atoms with Gasteiger partial charge in [-0.15, -0.1) is 0 Å². The van der Waals surface area contributed by atoms with Gasteiger partial charge in [-0.3, -0.25) is 4.79 Å². The van der Waals surface area contributed by atoms with Gasteiger partial charge in [-0.05, 0) is 37.1 Å². The summed E-state index contributed by atoms with van der Waals surface area (Å²) in [7, 11) is 3.59. The number of carbonyl (C=O) groups excluding carboxylic acids is 1. The molecule has 0 aliphatic carbocycles. The molecule has 0 fully saturated rings. The molecule has 0 saturated heterocycles. The number of benzene rings is 2. The molecular weight excluding hydrogens is 336 g/mol. The fourth-order valence-electron chi connectivity index (χ4n) is 2.61. The summed E-state index contributed by atoms with van der Waals surface area (Å²) >= 11 is 6.02. The van der Waals surface area contributed by atoms with Gasteiger partial charge in [0.2, 0.25) is 0 Å². The Morgan fingerprint density at radius 1 is 1.20 bits per heavy atom. The van der Waals surface area contributed by atoms with E-state index in [1.807, 2.05) is 14.0 Å². The molecule has 2 aromatic rings. The highest BCUT2D eigenvalue weighted by molar-refractivity contribution is 6.31. The Morgan fingerprint density at radius 2 is 1.84 bits per heavy atom. The molecule has 0 spiro atoms. The summed E-state index contributed by atoms with van der Waals surface area (Å²) in [5.41, 5.74) is 3.13. The molecule has 2 rings (SSSR count). The maximum atomic E-state index is 12.6. The molecule has 5 heteroatoms. The number of quaternary nitrogens is 1. The van der Waals surface area contributed by atoms with Gasteiger partial charge in [0.1, 0.15) is 12.3 Å². The number of carbonyl (C=O) groups is 1. The first-order valence-corrected chi connectivity index (χ1v) is 8.87. The highest BCUT2D eigenvalue weighted by atomic mass is 35.5. The number of halogens is 1. The van der Waals surface area contributed by atoms with Gasteiger partial charge in [0, 0.05) is 10.6 Å². The topological polar surface area (TPSA) is 42.8 Å². The Kier molecular flexibility index (Phi) is 6.85. The number of methoxy groups -OCH3 is 1. The second kappa shape index (κ2) is 8.88. The minimum atomic E-state index is -0.213. The first kappa shape index (κ1) is 19.3. The van der Waals surface area contributed by atoms with Crippen LogP contribution in [0.25, 0.3) is 0 Å². The number of aryl methyl sites for hydroxylation is 1. The predicted molar refractivity (Wildman–Crippen MR) is 103 cm³/mol. The van der Waals surface area contributed by atoms with Crippen molar-refractivity contribution in [3.05, 3.63) is 58.6 Å². The number of ether oxygens (including phenoxy) is 1. The van der Waals surface area contributed by atoms with Crippen LogP contribution in [0.5, 0.6) is 5.75 Å². The van der Waals surface area contributed by atoms with Crippen LogP contribution in [0.3, 0.4) is 0 Å². The molecular formula is C20H26ClN2O2+. The molecule has 0 aliphatic rings. The zero-order chi connectivity index (χ0) is 18.4. The van der Waals surface area contributed by atoms with E-state index in [1.54, 1.807) is 25.3 Å². The number of hydrogen-bond acceptors (Lipinski definition) is 2. The van der Waals surface area contributed by atoms with E-state index in [1.165, 1.54) is 11.1 Å². The lowest BCUT2D eigenvalue weighted by molar-refractivity contribution is -0.907. The molecule has 0 bridgehead atoms. The second-order valence-corrected chi connectivity index (χ2v) is 6.69. The summed E-state index contributed by atoms with van der Waals surface area (Å²) < 4.78 is 5.28. The second-order valence-electron chi connectivity index (χ2n) is 6.25. The highest BCUT2D eigenvalue weighted by Gasteiger charge is 2.23. The van der Waals surface area contributed by atoms with Gasteiger partial charge in [-0.25, -0.2) is 0 Å². The van der Waals surface area contributed by atoms with Crippen molar-refractivity contribution in [2.24, 2.45) is 0 Å². The van der Waals surface area contributed by atoms with Gasteiger partial charge >= 0.3 is 0 Å². The van der Waals surface area contributed by atoms with Crippen molar-refractivity contribution in [3.8, 4) is 5.75 Å². The van der Waals surface area contributed by atoms with Crippen molar-refractivity contribution >= 4 is 23.2 Å². The molecule has 0 aliphatic heterocycles. The Morgan fingerprint density at radius 3 is 2.44 bits per heavy atom. The number of nitrogens with one attached hydrogen (secondary N) is 2. The third-order valence-electron chi connectivity index (χ3n) is 4.47. The van der Waals surface area contributed by atoms with Crippen molar-refractivity contribution in [3.63, 3.8) is 0 Å². The molecule has 25 heavy (non-hydrogen) atoms. The van der Waals surface area contributed by atoms with Gasteiger partial charge in [0.05, 0.1) is 19.8 Å². The molecule has 2 aromatic carbocycles. The fourth-order valence-corrected chi connectivity index (χ4v) is 2.78. The van der Waals surface area contributed by atoms with Gasteiger partial charge in [-0.2, -0.15) is 0 Å². The van der Waals surface area contributed by atoms with Crippen LogP contribution in [0.15, 0.2) is 42.5 Å². The van der Waals surface area contributed by atoms with Crippen LogP contribution < -0.4 is 15.0 Å². The SMILES string of the molecule is CCc1ccc(C[NH+](C)[C@H](C)C(=O)Nc2cc(Cl)ccc2OC)cc1. The summed E-state index contributed by atoms with van der Waals surface area (Å²) in [6.45, 7) is 4.84. The Bertz CT molecular complexity index is 716. The van der Waals surface area contributed by atoms with E-state index in [-0.39, 0.29) is 11.9 Å². The maximum Gasteiger partial charge on any atom is 0.282 e. The number of anilines is 1. The summed E-state index contributed by atoms with van der Waals surface area (Å²) in [4.78, 5) is 13.7. The first-order valence-electron chi connectivity index (χ1n) is 8.49. The fraction of sp³-hybridized carbons (Fsp3) is 0.350. The molecule has 4 nitrogen and oxygen atoms in total. The van der Waals surface area contributed by atoms with Crippen LogP contribution >= 0.6 is 11.6 Å². The molecule has 134 valence electrons. The Labute approximate surface area is 154 Å². The lowest BCUT2D eigenvalue weighted by Gasteiger charge is -2.22. The zero-order valence-corrected chi connectivity index (χ0v) is 16.0.